The van der Waals surface area contributed by atoms with Gasteiger partial charge in [0.1, 0.15) is 0 Å². The Morgan fingerprint density at radius 2 is 2.11 bits per heavy atom. The van der Waals surface area contributed by atoms with Crippen molar-refractivity contribution in [3.63, 3.8) is 0 Å². The Kier molecular flexibility index (Phi) is 3.63. The highest BCUT2D eigenvalue weighted by atomic mass is 16.3. The van der Waals surface area contributed by atoms with Gasteiger partial charge in [0, 0.05) is 24.7 Å². The van der Waals surface area contributed by atoms with Gasteiger partial charge in [-0.05, 0) is 19.1 Å². The summed E-state index contributed by atoms with van der Waals surface area (Å²) in [5, 5.41) is 10.4. The zero-order valence-electron chi connectivity index (χ0n) is 10.8. The van der Waals surface area contributed by atoms with Crippen molar-refractivity contribution < 1.29 is 5.11 Å². The van der Waals surface area contributed by atoms with Crippen molar-refractivity contribution in [1.29, 1.82) is 0 Å². The van der Waals surface area contributed by atoms with Crippen LogP contribution in [-0.2, 0) is 6.61 Å². The van der Waals surface area contributed by atoms with Gasteiger partial charge in [0.15, 0.2) is 0 Å². The van der Waals surface area contributed by atoms with Crippen molar-refractivity contribution >= 4 is 16.6 Å². The van der Waals surface area contributed by atoms with E-state index in [-0.39, 0.29) is 6.61 Å². The number of hydrogen-bond donors (Lipinski definition) is 1. The Balaban J connectivity index is 2.56. The maximum absolute atomic E-state index is 9.29. The first-order valence-electron chi connectivity index (χ1n) is 5.97. The molecular weight excluding hydrogens is 224 g/mol. The lowest BCUT2D eigenvalue weighted by molar-refractivity contribution is 0.277. The van der Waals surface area contributed by atoms with Crippen LogP contribution in [0.5, 0.6) is 0 Å². The number of para-hydroxylation sites is 1. The van der Waals surface area contributed by atoms with Crippen molar-refractivity contribution in [2.75, 3.05) is 18.5 Å². The zero-order valence-corrected chi connectivity index (χ0v) is 10.8. The maximum atomic E-state index is 9.29. The average Bonchev–Trinajstić information content (AvgIpc) is 2.36. The fraction of sp³-hybridized carbons (Fsp3) is 0.267. The Morgan fingerprint density at radius 1 is 1.39 bits per heavy atom. The Bertz CT molecular complexity index is 578. The summed E-state index contributed by atoms with van der Waals surface area (Å²) < 4.78 is 0. The summed E-state index contributed by atoms with van der Waals surface area (Å²) in [5.74, 6) is 0. The molecule has 0 aliphatic rings. The number of aliphatic hydroxyl groups excluding tert-OH is 1. The molecule has 3 heteroatoms. The smallest absolute Gasteiger partial charge is 0.0854 e. The van der Waals surface area contributed by atoms with Gasteiger partial charge in [-0.3, -0.25) is 4.98 Å². The number of hydrogen-bond acceptors (Lipinski definition) is 3. The number of rotatable bonds is 4. The molecule has 94 valence electrons. The van der Waals surface area contributed by atoms with Gasteiger partial charge in [0.05, 0.1) is 17.8 Å². The van der Waals surface area contributed by atoms with Crippen LogP contribution in [0.2, 0.25) is 0 Å². The van der Waals surface area contributed by atoms with Crippen LogP contribution in [0.25, 0.3) is 10.9 Å². The van der Waals surface area contributed by atoms with E-state index in [1.807, 2.05) is 44.3 Å². The number of pyridine rings is 1. The van der Waals surface area contributed by atoms with Crippen molar-refractivity contribution in [2.45, 2.75) is 13.5 Å². The molecule has 3 nitrogen and oxygen atoms in total. The number of nitrogens with zero attached hydrogens (tertiary/aromatic N) is 2. The molecule has 2 rings (SSSR count). The fourth-order valence-electron chi connectivity index (χ4n) is 2.10. The van der Waals surface area contributed by atoms with E-state index in [4.69, 9.17) is 0 Å². The van der Waals surface area contributed by atoms with E-state index >= 15 is 0 Å². The third-order valence-corrected chi connectivity index (χ3v) is 2.83. The third kappa shape index (κ3) is 2.51. The quantitative estimate of drug-likeness (QED) is 0.837. The highest BCUT2D eigenvalue weighted by Crippen LogP contribution is 2.26. The standard InChI is InChI=1S/C15H18N2O/c1-11(2)9-17(3)15-8-12(10-18)16-14-7-5-4-6-13(14)15/h4-8,18H,1,9-10H2,2-3H3. The second kappa shape index (κ2) is 5.19. The van der Waals surface area contributed by atoms with Crippen LogP contribution in [0, 0.1) is 0 Å². The van der Waals surface area contributed by atoms with E-state index < -0.39 is 0 Å². The lowest BCUT2D eigenvalue weighted by Crippen LogP contribution is -2.19. The normalized spacial score (nSPS) is 10.6. The van der Waals surface area contributed by atoms with E-state index in [0.717, 1.165) is 28.7 Å². The fourth-order valence-corrected chi connectivity index (χ4v) is 2.10. The van der Waals surface area contributed by atoms with Crippen LogP contribution < -0.4 is 4.90 Å². The minimum absolute atomic E-state index is 0.0429. The van der Waals surface area contributed by atoms with Crippen LogP contribution in [0.3, 0.4) is 0 Å². The first-order chi connectivity index (χ1) is 8.61. The molecule has 0 unspecified atom stereocenters. The monoisotopic (exact) mass is 242 g/mol. The predicted octanol–water partition coefficient (Wildman–Crippen LogP) is 2.74. The van der Waals surface area contributed by atoms with Crippen molar-refractivity contribution in [1.82, 2.24) is 4.98 Å². The van der Waals surface area contributed by atoms with E-state index in [0.29, 0.717) is 5.69 Å². The van der Waals surface area contributed by atoms with E-state index in [1.54, 1.807) is 0 Å². The molecule has 0 fully saturated rings. The molecule has 0 aliphatic heterocycles. The molecule has 0 aliphatic carbocycles. The van der Waals surface area contributed by atoms with Gasteiger partial charge >= 0.3 is 0 Å². The zero-order chi connectivity index (χ0) is 13.1. The summed E-state index contributed by atoms with van der Waals surface area (Å²) in [7, 11) is 2.03. The van der Waals surface area contributed by atoms with E-state index in [2.05, 4.69) is 16.5 Å². The van der Waals surface area contributed by atoms with Gasteiger partial charge in [-0.2, -0.15) is 0 Å². The number of aromatic nitrogens is 1. The number of anilines is 1. The molecule has 0 spiro atoms. The van der Waals surface area contributed by atoms with E-state index in [1.165, 1.54) is 0 Å². The molecular formula is C15H18N2O. The summed E-state index contributed by atoms with van der Waals surface area (Å²) in [6.07, 6.45) is 0. The molecule has 0 amide bonds. The minimum Gasteiger partial charge on any atom is -0.390 e. The van der Waals surface area contributed by atoms with Crippen molar-refractivity contribution in [3.8, 4) is 0 Å². The minimum atomic E-state index is -0.0429. The maximum Gasteiger partial charge on any atom is 0.0854 e. The molecule has 1 aromatic carbocycles. The Morgan fingerprint density at radius 3 is 2.78 bits per heavy atom. The third-order valence-electron chi connectivity index (χ3n) is 2.83. The first kappa shape index (κ1) is 12.6. The Hall–Kier alpha value is -1.87. The van der Waals surface area contributed by atoms with Gasteiger partial charge in [-0.25, -0.2) is 0 Å². The lowest BCUT2D eigenvalue weighted by atomic mass is 10.1. The van der Waals surface area contributed by atoms with Crippen molar-refractivity contribution in [3.05, 3.63) is 48.2 Å². The topological polar surface area (TPSA) is 36.4 Å². The second-order valence-electron chi connectivity index (χ2n) is 4.62. The predicted molar refractivity (Wildman–Crippen MR) is 75.7 cm³/mol. The van der Waals surface area contributed by atoms with Gasteiger partial charge in [0.2, 0.25) is 0 Å². The summed E-state index contributed by atoms with van der Waals surface area (Å²) in [6, 6.07) is 9.91. The van der Waals surface area contributed by atoms with Gasteiger partial charge in [-0.15, -0.1) is 0 Å². The first-order valence-corrected chi connectivity index (χ1v) is 5.97. The molecule has 0 saturated carbocycles. The molecule has 2 aromatic rings. The number of aliphatic hydroxyl groups is 1. The largest absolute Gasteiger partial charge is 0.390 e. The molecule has 1 aromatic heterocycles. The lowest BCUT2D eigenvalue weighted by Gasteiger charge is -2.21. The van der Waals surface area contributed by atoms with E-state index in [9.17, 15) is 5.11 Å². The van der Waals surface area contributed by atoms with Crippen LogP contribution in [0.1, 0.15) is 12.6 Å². The molecule has 18 heavy (non-hydrogen) atoms. The summed E-state index contributed by atoms with van der Waals surface area (Å²) >= 11 is 0. The Labute approximate surface area is 107 Å². The van der Waals surface area contributed by atoms with Crippen LogP contribution >= 0.6 is 0 Å². The highest BCUT2D eigenvalue weighted by molar-refractivity contribution is 5.91. The summed E-state index contributed by atoms with van der Waals surface area (Å²) in [4.78, 5) is 6.55. The van der Waals surface area contributed by atoms with Crippen LogP contribution in [0.15, 0.2) is 42.5 Å². The number of benzene rings is 1. The second-order valence-corrected chi connectivity index (χ2v) is 4.62. The summed E-state index contributed by atoms with van der Waals surface area (Å²) in [5.41, 5.74) is 3.78. The van der Waals surface area contributed by atoms with Gasteiger partial charge in [0.25, 0.3) is 0 Å². The van der Waals surface area contributed by atoms with Gasteiger partial charge in [-0.1, -0.05) is 30.4 Å². The average molecular weight is 242 g/mol. The van der Waals surface area contributed by atoms with Gasteiger partial charge < -0.3 is 10.0 Å². The molecule has 0 atom stereocenters. The molecule has 0 saturated heterocycles. The molecule has 1 N–H and O–H groups in total. The highest BCUT2D eigenvalue weighted by Gasteiger charge is 2.09. The number of likely N-dealkylation sites (N-methyl/N-ethyl adjacent to an activating group) is 1. The SMILES string of the molecule is C=C(C)CN(C)c1cc(CO)nc2ccccc12. The molecule has 0 radical (unpaired) electrons. The van der Waals surface area contributed by atoms with Crippen molar-refractivity contribution in [2.24, 2.45) is 0 Å². The molecule has 0 bridgehead atoms. The van der Waals surface area contributed by atoms with Crippen LogP contribution in [-0.4, -0.2) is 23.7 Å². The van der Waals surface area contributed by atoms with Crippen LogP contribution in [0.4, 0.5) is 5.69 Å². The number of fused-ring (bicyclic) bond motifs is 1. The summed E-state index contributed by atoms with van der Waals surface area (Å²) in [6.45, 7) is 6.69. The molecule has 1 heterocycles.